The number of amides is 2. The molecule has 7 heteroatoms. The minimum absolute atomic E-state index is 0. The molecule has 4 N–H and O–H groups in total. The zero-order valence-corrected chi connectivity index (χ0v) is 14.9. The molecule has 1 saturated carbocycles. The number of hydrogen-bond donors (Lipinski definition) is 3. The maximum atomic E-state index is 12.0. The number of rotatable bonds is 4. The number of halogens is 2. The number of anilines is 1. The van der Waals surface area contributed by atoms with E-state index in [1.54, 1.807) is 0 Å². The van der Waals surface area contributed by atoms with Crippen LogP contribution in [0.4, 0.5) is 5.69 Å². The minimum Gasteiger partial charge on any atom is -0.345 e. The Hall–Kier alpha value is -1.11. The molecule has 0 radical (unpaired) electrons. The average Bonchev–Trinajstić information content (AvgIpc) is 2.88. The van der Waals surface area contributed by atoms with E-state index in [1.807, 2.05) is 25.1 Å². The predicted octanol–water partition coefficient (Wildman–Crippen LogP) is 2.51. The van der Waals surface area contributed by atoms with Crippen molar-refractivity contribution in [1.82, 2.24) is 5.32 Å². The maximum Gasteiger partial charge on any atom is 0.243 e. The molecule has 1 aromatic carbocycles. The Morgan fingerprint density at radius 2 is 1.95 bits per heavy atom. The maximum absolute atomic E-state index is 12.0. The Kier molecular flexibility index (Phi) is 6.84. The molecule has 1 aromatic rings. The molecule has 0 aliphatic heterocycles. The molecule has 0 spiro atoms. The molecule has 1 aliphatic rings. The summed E-state index contributed by atoms with van der Waals surface area (Å²) in [5, 5.41) is 5.42. The van der Waals surface area contributed by atoms with Gasteiger partial charge in [-0.25, -0.2) is 0 Å². The van der Waals surface area contributed by atoms with Crippen molar-refractivity contribution < 1.29 is 9.59 Å². The summed E-state index contributed by atoms with van der Waals surface area (Å²) < 4.78 is 0.888. The Morgan fingerprint density at radius 1 is 1.32 bits per heavy atom. The van der Waals surface area contributed by atoms with E-state index in [4.69, 9.17) is 5.73 Å². The van der Waals surface area contributed by atoms with Crippen molar-refractivity contribution in [2.45, 2.75) is 38.1 Å². The summed E-state index contributed by atoms with van der Waals surface area (Å²) in [7, 11) is 0. The minimum atomic E-state index is -0.800. The number of aryl methyl sites for hydroxylation is 1. The number of carbonyl (C=O) groups is 2. The van der Waals surface area contributed by atoms with Gasteiger partial charge in [-0.3, -0.25) is 9.59 Å². The van der Waals surface area contributed by atoms with Gasteiger partial charge in [-0.1, -0.05) is 34.8 Å². The van der Waals surface area contributed by atoms with E-state index in [0.717, 1.165) is 28.6 Å². The van der Waals surface area contributed by atoms with E-state index in [1.165, 1.54) is 0 Å². The first-order valence-electron chi connectivity index (χ1n) is 7.04. The van der Waals surface area contributed by atoms with Crippen molar-refractivity contribution in [1.29, 1.82) is 0 Å². The number of carbonyl (C=O) groups excluding carboxylic acids is 2. The van der Waals surface area contributed by atoms with Crippen LogP contribution in [0, 0.1) is 6.92 Å². The van der Waals surface area contributed by atoms with Gasteiger partial charge in [0.1, 0.15) is 0 Å². The number of hydrogen-bond acceptors (Lipinski definition) is 3. The third kappa shape index (κ3) is 4.69. The molecule has 0 atom stereocenters. The van der Waals surface area contributed by atoms with Crippen LogP contribution in [0.2, 0.25) is 0 Å². The van der Waals surface area contributed by atoms with Crippen molar-refractivity contribution >= 4 is 45.8 Å². The fourth-order valence-electron chi connectivity index (χ4n) is 2.49. The van der Waals surface area contributed by atoms with Crippen LogP contribution >= 0.6 is 28.3 Å². The molecule has 0 aromatic heterocycles. The van der Waals surface area contributed by atoms with Crippen LogP contribution in [0.5, 0.6) is 0 Å². The van der Waals surface area contributed by atoms with Gasteiger partial charge >= 0.3 is 0 Å². The highest BCUT2D eigenvalue weighted by Crippen LogP contribution is 2.27. The van der Waals surface area contributed by atoms with Gasteiger partial charge in [0.05, 0.1) is 12.1 Å². The van der Waals surface area contributed by atoms with E-state index < -0.39 is 5.54 Å². The third-order valence-corrected chi connectivity index (χ3v) is 4.32. The normalized spacial score (nSPS) is 15.8. The lowest BCUT2D eigenvalue weighted by Gasteiger charge is -2.22. The second-order valence-electron chi connectivity index (χ2n) is 5.55. The molecule has 2 rings (SSSR count). The highest BCUT2D eigenvalue weighted by atomic mass is 79.9. The van der Waals surface area contributed by atoms with Crippen LogP contribution in [-0.4, -0.2) is 23.9 Å². The fourth-order valence-corrected chi connectivity index (χ4v) is 2.85. The van der Waals surface area contributed by atoms with Crippen LogP contribution < -0.4 is 16.4 Å². The lowest BCUT2D eigenvalue weighted by atomic mass is 9.98. The van der Waals surface area contributed by atoms with Gasteiger partial charge in [-0.05, 0) is 37.5 Å². The summed E-state index contributed by atoms with van der Waals surface area (Å²) in [4.78, 5) is 23.9. The topological polar surface area (TPSA) is 84.2 Å². The van der Waals surface area contributed by atoms with Crippen molar-refractivity contribution in [2.24, 2.45) is 5.73 Å². The van der Waals surface area contributed by atoms with Crippen LogP contribution in [0.25, 0.3) is 0 Å². The van der Waals surface area contributed by atoms with Gasteiger partial charge in [-0.2, -0.15) is 0 Å². The molecular formula is C15H21BrClN3O2. The summed E-state index contributed by atoms with van der Waals surface area (Å²) in [5.41, 5.74) is 6.93. The highest BCUT2D eigenvalue weighted by molar-refractivity contribution is 9.10. The monoisotopic (exact) mass is 389 g/mol. The van der Waals surface area contributed by atoms with Crippen LogP contribution in [-0.2, 0) is 9.59 Å². The van der Waals surface area contributed by atoms with Gasteiger partial charge in [-0.15, -0.1) is 12.4 Å². The smallest absolute Gasteiger partial charge is 0.243 e. The zero-order valence-electron chi connectivity index (χ0n) is 12.4. The van der Waals surface area contributed by atoms with Gasteiger partial charge in [0.15, 0.2) is 0 Å². The number of nitrogens with one attached hydrogen (secondary N) is 2. The summed E-state index contributed by atoms with van der Waals surface area (Å²) in [6.45, 7) is 1.85. The van der Waals surface area contributed by atoms with Crippen LogP contribution in [0.3, 0.4) is 0 Å². The molecule has 1 aliphatic carbocycles. The second-order valence-corrected chi connectivity index (χ2v) is 6.47. The Labute approximate surface area is 144 Å². The first-order chi connectivity index (χ1) is 9.90. The van der Waals surface area contributed by atoms with E-state index in [0.29, 0.717) is 12.8 Å². The lowest BCUT2D eigenvalue weighted by molar-refractivity contribution is -0.128. The van der Waals surface area contributed by atoms with Gasteiger partial charge in [0, 0.05) is 10.2 Å². The Balaban J connectivity index is 0.00000242. The third-order valence-electron chi connectivity index (χ3n) is 3.83. The first-order valence-corrected chi connectivity index (χ1v) is 7.83. The molecule has 5 nitrogen and oxygen atoms in total. The molecule has 122 valence electrons. The molecular weight excluding hydrogens is 370 g/mol. The van der Waals surface area contributed by atoms with Crippen molar-refractivity contribution in [3.8, 4) is 0 Å². The molecule has 0 bridgehead atoms. The molecule has 2 amide bonds. The standard InChI is InChI=1S/C15H20BrN3O2.ClH/c1-10-4-5-11(16)8-12(10)19-13(20)9-18-14(21)15(17)6-2-3-7-15;/h4-5,8H,2-3,6-7,9,17H2,1H3,(H,18,21)(H,19,20);1H. The number of nitrogens with two attached hydrogens (primary N) is 1. The quantitative estimate of drug-likeness (QED) is 0.738. The molecule has 0 unspecified atom stereocenters. The summed E-state index contributed by atoms with van der Waals surface area (Å²) in [5.74, 6) is -0.493. The van der Waals surface area contributed by atoms with E-state index in [-0.39, 0.29) is 30.8 Å². The summed E-state index contributed by atoms with van der Waals surface area (Å²) >= 11 is 3.36. The van der Waals surface area contributed by atoms with Crippen molar-refractivity contribution in [3.63, 3.8) is 0 Å². The Morgan fingerprint density at radius 3 is 2.59 bits per heavy atom. The molecule has 0 heterocycles. The summed E-state index contributed by atoms with van der Waals surface area (Å²) in [6.07, 6.45) is 3.30. The van der Waals surface area contributed by atoms with Crippen molar-refractivity contribution in [2.75, 3.05) is 11.9 Å². The fraction of sp³-hybridized carbons (Fsp3) is 0.467. The highest BCUT2D eigenvalue weighted by Gasteiger charge is 2.36. The summed E-state index contributed by atoms with van der Waals surface area (Å²) in [6, 6.07) is 5.65. The molecule has 0 saturated heterocycles. The second kappa shape index (κ2) is 7.94. The largest absolute Gasteiger partial charge is 0.345 e. The van der Waals surface area contributed by atoms with E-state index >= 15 is 0 Å². The predicted molar refractivity (Wildman–Crippen MR) is 93.2 cm³/mol. The van der Waals surface area contributed by atoms with Crippen LogP contribution in [0.1, 0.15) is 31.2 Å². The average molecular weight is 391 g/mol. The van der Waals surface area contributed by atoms with Gasteiger partial charge in [0.2, 0.25) is 11.8 Å². The molecule has 22 heavy (non-hydrogen) atoms. The van der Waals surface area contributed by atoms with E-state index in [9.17, 15) is 9.59 Å². The van der Waals surface area contributed by atoms with E-state index in [2.05, 4.69) is 26.6 Å². The zero-order chi connectivity index (χ0) is 15.5. The molecule has 1 fully saturated rings. The van der Waals surface area contributed by atoms with Gasteiger partial charge in [0.25, 0.3) is 0 Å². The first kappa shape index (κ1) is 18.9. The number of benzene rings is 1. The lowest BCUT2D eigenvalue weighted by Crippen LogP contribution is -2.53. The van der Waals surface area contributed by atoms with Crippen LogP contribution in [0.15, 0.2) is 22.7 Å². The Bertz CT molecular complexity index is 560. The van der Waals surface area contributed by atoms with Gasteiger partial charge < -0.3 is 16.4 Å². The van der Waals surface area contributed by atoms with Crippen molar-refractivity contribution in [3.05, 3.63) is 28.2 Å². The SMILES string of the molecule is Cc1ccc(Br)cc1NC(=O)CNC(=O)C1(N)CCCC1.Cl.